The summed E-state index contributed by atoms with van der Waals surface area (Å²) >= 11 is 0. The Morgan fingerprint density at radius 3 is 2.56 bits per heavy atom. The summed E-state index contributed by atoms with van der Waals surface area (Å²) in [6.45, 7) is 3.48. The molecule has 0 bridgehead atoms. The van der Waals surface area contributed by atoms with Crippen LogP contribution in [-0.4, -0.2) is 45.6 Å². The fourth-order valence-corrected chi connectivity index (χ4v) is 3.15. The molecule has 0 saturated heterocycles. The zero-order chi connectivity index (χ0) is 19.8. The van der Waals surface area contributed by atoms with Crippen LogP contribution >= 0.6 is 0 Å². The van der Waals surface area contributed by atoms with E-state index in [4.69, 9.17) is 9.63 Å². The lowest BCUT2D eigenvalue weighted by Crippen LogP contribution is -2.46. The highest BCUT2D eigenvalue weighted by Crippen LogP contribution is 2.32. The maximum absolute atomic E-state index is 11.9. The van der Waals surface area contributed by atoms with Gasteiger partial charge in [-0.3, -0.25) is 9.59 Å². The van der Waals surface area contributed by atoms with Crippen LogP contribution in [0.1, 0.15) is 70.0 Å². The predicted molar refractivity (Wildman–Crippen MR) is 95.9 cm³/mol. The Morgan fingerprint density at radius 1 is 1.22 bits per heavy atom. The van der Waals surface area contributed by atoms with Crippen molar-refractivity contribution in [1.29, 1.82) is 0 Å². The Morgan fingerprint density at radius 2 is 1.93 bits per heavy atom. The van der Waals surface area contributed by atoms with Crippen LogP contribution in [0.15, 0.2) is 4.52 Å². The van der Waals surface area contributed by atoms with Crippen molar-refractivity contribution in [2.45, 2.75) is 70.8 Å². The highest BCUT2D eigenvalue weighted by Gasteiger charge is 2.23. The minimum absolute atomic E-state index is 0.119. The largest absolute Gasteiger partial charge is 0.480 e. The summed E-state index contributed by atoms with van der Waals surface area (Å²) in [4.78, 5) is 39.2. The first-order valence-electron chi connectivity index (χ1n) is 9.46. The number of aromatic nitrogens is 2. The van der Waals surface area contributed by atoms with Gasteiger partial charge in [-0.05, 0) is 25.2 Å². The predicted octanol–water partition coefficient (Wildman–Crippen LogP) is 1.39. The average Bonchev–Trinajstić information content (AvgIpc) is 3.28. The molecule has 0 unspecified atom stereocenters. The van der Waals surface area contributed by atoms with E-state index in [1.165, 1.54) is 12.8 Å². The lowest BCUT2D eigenvalue weighted by atomic mass is 10.0. The van der Waals surface area contributed by atoms with E-state index in [9.17, 15) is 14.4 Å². The minimum Gasteiger partial charge on any atom is -0.480 e. The second-order valence-corrected chi connectivity index (χ2v) is 7.39. The molecule has 27 heavy (non-hydrogen) atoms. The third-order valence-corrected chi connectivity index (χ3v) is 4.56. The number of amides is 2. The van der Waals surface area contributed by atoms with Gasteiger partial charge in [-0.15, -0.1) is 0 Å². The number of rotatable bonds is 10. The fraction of sp³-hybridized carbons (Fsp3) is 0.722. The van der Waals surface area contributed by atoms with E-state index >= 15 is 0 Å². The molecule has 1 aromatic heterocycles. The van der Waals surface area contributed by atoms with Crippen molar-refractivity contribution in [1.82, 2.24) is 20.8 Å². The van der Waals surface area contributed by atoms with Gasteiger partial charge in [0.25, 0.3) is 0 Å². The number of hydrogen-bond acceptors (Lipinski definition) is 6. The van der Waals surface area contributed by atoms with Crippen molar-refractivity contribution >= 4 is 17.8 Å². The molecule has 1 aliphatic rings. The lowest BCUT2D eigenvalue weighted by molar-refractivity contribution is -0.142. The number of carboxylic acid groups (broad SMARTS) is 1. The molecule has 0 aliphatic heterocycles. The van der Waals surface area contributed by atoms with E-state index in [2.05, 4.69) is 20.8 Å². The molecule has 9 nitrogen and oxygen atoms in total. The Bertz CT molecular complexity index is 652. The number of hydrogen-bond donors (Lipinski definition) is 3. The zero-order valence-electron chi connectivity index (χ0n) is 15.9. The second kappa shape index (κ2) is 10.0. The maximum atomic E-state index is 11.9. The third kappa shape index (κ3) is 6.99. The molecule has 0 spiro atoms. The van der Waals surface area contributed by atoms with Gasteiger partial charge in [0.15, 0.2) is 5.82 Å². The van der Waals surface area contributed by atoms with Gasteiger partial charge < -0.3 is 20.3 Å². The summed E-state index contributed by atoms with van der Waals surface area (Å²) in [5.74, 6) is -0.332. The normalized spacial score (nSPS) is 15.7. The molecule has 1 aromatic rings. The molecule has 0 aromatic carbocycles. The standard InChI is InChI=1S/C18H28N4O5/c1-11(2)9-13(18(25)26)20-15(24)10-19-14(23)7-8-16-21-17(22-27-16)12-5-3-4-6-12/h11-13H,3-10H2,1-2H3,(H,19,23)(H,20,24)(H,25,26)/t13-/m0/s1. The van der Waals surface area contributed by atoms with E-state index in [1.54, 1.807) is 0 Å². The van der Waals surface area contributed by atoms with Gasteiger partial charge in [-0.25, -0.2) is 4.79 Å². The monoisotopic (exact) mass is 380 g/mol. The van der Waals surface area contributed by atoms with Gasteiger partial charge in [-0.1, -0.05) is 31.8 Å². The van der Waals surface area contributed by atoms with Gasteiger partial charge in [0.1, 0.15) is 6.04 Å². The van der Waals surface area contributed by atoms with E-state index in [1.807, 2.05) is 13.8 Å². The Kier molecular flexibility index (Phi) is 7.75. The van der Waals surface area contributed by atoms with Crippen LogP contribution in [0.2, 0.25) is 0 Å². The lowest BCUT2D eigenvalue weighted by Gasteiger charge is -2.16. The molecule has 1 atom stereocenters. The molecule has 3 N–H and O–H groups in total. The third-order valence-electron chi connectivity index (χ3n) is 4.56. The molecule has 150 valence electrons. The topological polar surface area (TPSA) is 134 Å². The first kappa shape index (κ1) is 20.9. The number of aliphatic carboxylic acids is 1. The summed E-state index contributed by atoms with van der Waals surface area (Å²) in [6.07, 6.45) is 5.25. The van der Waals surface area contributed by atoms with Crippen LogP contribution in [0.25, 0.3) is 0 Å². The summed E-state index contributed by atoms with van der Waals surface area (Å²) in [6, 6.07) is -0.957. The van der Waals surface area contributed by atoms with Crippen molar-refractivity contribution < 1.29 is 24.0 Å². The van der Waals surface area contributed by atoms with Crippen molar-refractivity contribution in [3.05, 3.63) is 11.7 Å². The van der Waals surface area contributed by atoms with Crippen LogP contribution in [-0.2, 0) is 20.8 Å². The number of nitrogens with one attached hydrogen (secondary N) is 2. The van der Waals surface area contributed by atoms with Crippen molar-refractivity contribution in [3.63, 3.8) is 0 Å². The number of nitrogens with zero attached hydrogens (tertiary/aromatic N) is 2. The van der Waals surface area contributed by atoms with Crippen molar-refractivity contribution in [2.24, 2.45) is 5.92 Å². The summed E-state index contributed by atoms with van der Waals surface area (Å²) in [7, 11) is 0. The molecular weight excluding hydrogens is 352 g/mol. The van der Waals surface area contributed by atoms with Crippen LogP contribution in [0, 0.1) is 5.92 Å². The van der Waals surface area contributed by atoms with Crippen LogP contribution in [0.3, 0.4) is 0 Å². The summed E-state index contributed by atoms with van der Waals surface area (Å²) in [5.41, 5.74) is 0. The summed E-state index contributed by atoms with van der Waals surface area (Å²) in [5, 5.41) is 18.0. The maximum Gasteiger partial charge on any atom is 0.326 e. The van der Waals surface area contributed by atoms with E-state index in [-0.39, 0.29) is 24.8 Å². The molecule has 1 heterocycles. The van der Waals surface area contributed by atoms with Crippen LogP contribution in [0.4, 0.5) is 0 Å². The number of carboxylic acids is 1. The number of carbonyl (C=O) groups excluding carboxylic acids is 2. The molecule has 1 aliphatic carbocycles. The number of carbonyl (C=O) groups is 3. The quantitative estimate of drug-likeness (QED) is 0.558. The Hall–Kier alpha value is -2.45. The molecule has 1 fully saturated rings. The molecule has 2 amide bonds. The molecule has 1 saturated carbocycles. The Balaban J connectivity index is 1.69. The number of aryl methyl sites for hydroxylation is 1. The summed E-state index contributed by atoms with van der Waals surface area (Å²) < 4.78 is 5.18. The van der Waals surface area contributed by atoms with Gasteiger partial charge in [0.05, 0.1) is 6.54 Å². The first-order valence-corrected chi connectivity index (χ1v) is 9.46. The van der Waals surface area contributed by atoms with Gasteiger partial charge in [0.2, 0.25) is 17.7 Å². The zero-order valence-corrected chi connectivity index (χ0v) is 15.9. The second-order valence-electron chi connectivity index (χ2n) is 7.39. The van der Waals surface area contributed by atoms with E-state index < -0.39 is 17.9 Å². The van der Waals surface area contributed by atoms with Gasteiger partial charge in [-0.2, -0.15) is 4.98 Å². The van der Waals surface area contributed by atoms with Crippen LogP contribution in [0.5, 0.6) is 0 Å². The van der Waals surface area contributed by atoms with Gasteiger partial charge >= 0.3 is 5.97 Å². The van der Waals surface area contributed by atoms with Crippen LogP contribution < -0.4 is 10.6 Å². The van der Waals surface area contributed by atoms with E-state index in [0.29, 0.717) is 30.5 Å². The molecule has 2 rings (SSSR count). The Labute approximate surface area is 158 Å². The molecule has 0 radical (unpaired) electrons. The van der Waals surface area contributed by atoms with Crippen molar-refractivity contribution in [3.8, 4) is 0 Å². The fourth-order valence-electron chi connectivity index (χ4n) is 3.15. The van der Waals surface area contributed by atoms with Crippen molar-refractivity contribution in [2.75, 3.05) is 6.54 Å². The molecular formula is C18H28N4O5. The SMILES string of the molecule is CC(C)C[C@H](NC(=O)CNC(=O)CCc1nc(C2CCCC2)no1)C(=O)O. The van der Waals surface area contributed by atoms with Gasteiger partial charge in [0, 0.05) is 18.8 Å². The minimum atomic E-state index is -1.09. The highest BCUT2D eigenvalue weighted by molar-refractivity contribution is 5.87. The average molecular weight is 380 g/mol. The van der Waals surface area contributed by atoms with E-state index in [0.717, 1.165) is 12.8 Å². The first-order chi connectivity index (χ1) is 12.8. The molecule has 9 heteroatoms. The smallest absolute Gasteiger partial charge is 0.326 e. The highest BCUT2D eigenvalue weighted by atomic mass is 16.5.